The molecule has 0 unspecified atom stereocenters. The second-order valence-electron chi connectivity index (χ2n) is 9.99. The predicted molar refractivity (Wildman–Crippen MR) is 145 cm³/mol. The first-order chi connectivity index (χ1) is 17.8. The zero-order valence-corrected chi connectivity index (χ0v) is 22.0. The quantitative estimate of drug-likeness (QED) is 0.303. The van der Waals surface area contributed by atoms with Crippen molar-refractivity contribution < 1.29 is 24.9 Å². The minimum absolute atomic E-state index is 0.0844. The normalized spacial score (nSPS) is 16.3. The van der Waals surface area contributed by atoms with Gasteiger partial charge in [0.05, 0.1) is 6.10 Å². The van der Waals surface area contributed by atoms with E-state index in [2.05, 4.69) is 10.2 Å². The van der Waals surface area contributed by atoms with Gasteiger partial charge in [0.2, 0.25) is 5.91 Å². The molecule has 0 radical (unpaired) electrons. The second-order valence-corrected chi connectivity index (χ2v) is 9.99. The molecule has 37 heavy (non-hydrogen) atoms. The SMILES string of the molecule is CCCCN(C(=O)CC(=O)O)c1ccc(CCN2CCC(N[C@@H](C)[C@H](O)c3ccc(O)cc3)CC2)cc1. The summed E-state index contributed by atoms with van der Waals surface area (Å²) in [6.07, 6.45) is 3.58. The summed E-state index contributed by atoms with van der Waals surface area (Å²) in [4.78, 5) is 27.4. The van der Waals surface area contributed by atoms with Crippen LogP contribution < -0.4 is 10.2 Å². The number of carboxylic acids is 1. The van der Waals surface area contributed by atoms with E-state index in [9.17, 15) is 19.8 Å². The van der Waals surface area contributed by atoms with E-state index in [0.717, 1.165) is 63.0 Å². The number of unbranched alkanes of at least 4 members (excludes halogenated alkanes) is 1. The van der Waals surface area contributed by atoms with Gasteiger partial charge in [-0.05, 0) is 81.1 Å². The molecule has 2 aromatic rings. The molecule has 3 rings (SSSR count). The third-order valence-corrected chi connectivity index (χ3v) is 7.10. The number of rotatable bonds is 13. The monoisotopic (exact) mass is 511 g/mol. The van der Waals surface area contributed by atoms with Gasteiger partial charge in [0.1, 0.15) is 12.2 Å². The molecule has 4 N–H and O–H groups in total. The molecular weight excluding hydrogens is 470 g/mol. The van der Waals surface area contributed by atoms with Crippen LogP contribution in [0.4, 0.5) is 5.69 Å². The molecule has 0 spiro atoms. The topological polar surface area (TPSA) is 113 Å². The Balaban J connectivity index is 1.44. The Morgan fingerprint density at radius 2 is 1.73 bits per heavy atom. The standard InChI is InChI=1S/C29H41N3O5/c1-3-4-16-32(27(34)20-28(35)36)25-9-5-22(6-10-25)13-17-31-18-14-24(15-19-31)30-21(2)29(37)23-7-11-26(33)12-8-23/h5-12,21,24,29-30,33,37H,3-4,13-20H2,1-2H3,(H,35,36)/t21-,29-/m0/s1. The summed E-state index contributed by atoms with van der Waals surface area (Å²) < 4.78 is 0. The van der Waals surface area contributed by atoms with Gasteiger partial charge in [0.25, 0.3) is 0 Å². The highest BCUT2D eigenvalue weighted by Gasteiger charge is 2.24. The number of aromatic hydroxyl groups is 1. The van der Waals surface area contributed by atoms with E-state index in [-0.39, 0.29) is 17.7 Å². The van der Waals surface area contributed by atoms with Crippen molar-refractivity contribution in [1.29, 1.82) is 0 Å². The van der Waals surface area contributed by atoms with Crippen LogP contribution >= 0.6 is 0 Å². The Morgan fingerprint density at radius 1 is 1.08 bits per heavy atom. The van der Waals surface area contributed by atoms with Gasteiger partial charge in [-0.25, -0.2) is 0 Å². The lowest BCUT2D eigenvalue weighted by Gasteiger charge is -2.35. The van der Waals surface area contributed by atoms with Crippen LogP contribution in [0.3, 0.4) is 0 Å². The van der Waals surface area contributed by atoms with Gasteiger partial charge in [-0.3, -0.25) is 9.59 Å². The zero-order valence-electron chi connectivity index (χ0n) is 22.0. The molecule has 1 aliphatic rings. The third-order valence-electron chi connectivity index (χ3n) is 7.10. The van der Waals surface area contributed by atoms with Crippen molar-refractivity contribution in [3.8, 4) is 5.75 Å². The van der Waals surface area contributed by atoms with Gasteiger partial charge in [-0.1, -0.05) is 37.6 Å². The summed E-state index contributed by atoms with van der Waals surface area (Å²) in [7, 11) is 0. The van der Waals surface area contributed by atoms with E-state index in [4.69, 9.17) is 5.11 Å². The largest absolute Gasteiger partial charge is 0.508 e. The summed E-state index contributed by atoms with van der Waals surface area (Å²) >= 11 is 0. The fraction of sp³-hybridized carbons (Fsp3) is 0.517. The number of anilines is 1. The van der Waals surface area contributed by atoms with Crippen LogP contribution in [0.1, 0.15) is 63.2 Å². The van der Waals surface area contributed by atoms with Crippen LogP contribution in [0.15, 0.2) is 48.5 Å². The van der Waals surface area contributed by atoms with E-state index >= 15 is 0 Å². The van der Waals surface area contributed by atoms with Gasteiger partial charge in [-0.2, -0.15) is 0 Å². The minimum Gasteiger partial charge on any atom is -0.508 e. The highest BCUT2D eigenvalue weighted by molar-refractivity contribution is 6.02. The van der Waals surface area contributed by atoms with Crippen molar-refractivity contribution in [2.75, 3.05) is 31.1 Å². The molecule has 2 atom stereocenters. The van der Waals surface area contributed by atoms with E-state index in [1.807, 2.05) is 38.1 Å². The number of hydrogen-bond donors (Lipinski definition) is 4. The number of aliphatic hydroxyl groups excluding tert-OH is 1. The molecule has 0 bridgehead atoms. The Morgan fingerprint density at radius 3 is 2.32 bits per heavy atom. The molecule has 1 fully saturated rings. The van der Waals surface area contributed by atoms with E-state index in [1.54, 1.807) is 29.2 Å². The lowest BCUT2D eigenvalue weighted by molar-refractivity contribution is -0.140. The molecule has 1 aliphatic heterocycles. The molecule has 202 valence electrons. The van der Waals surface area contributed by atoms with Crippen molar-refractivity contribution in [3.05, 3.63) is 59.7 Å². The van der Waals surface area contributed by atoms with Gasteiger partial charge in [0, 0.05) is 30.9 Å². The number of piperidine rings is 1. The number of hydrogen-bond acceptors (Lipinski definition) is 6. The number of carbonyl (C=O) groups is 2. The average Bonchev–Trinajstić information content (AvgIpc) is 2.89. The van der Waals surface area contributed by atoms with Crippen molar-refractivity contribution in [3.63, 3.8) is 0 Å². The summed E-state index contributed by atoms with van der Waals surface area (Å²) in [5, 5.41) is 32.7. The van der Waals surface area contributed by atoms with Crippen molar-refractivity contribution in [2.45, 2.75) is 70.6 Å². The lowest BCUT2D eigenvalue weighted by Crippen LogP contribution is -2.47. The molecule has 8 heteroatoms. The molecule has 0 aliphatic carbocycles. The molecule has 0 aromatic heterocycles. The Kier molecular flexibility index (Phi) is 10.9. The lowest BCUT2D eigenvalue weighted by atomic mass is 9.99. The minimum atomic E-state index is -1.11. The van der Waals surface area contributed by atoms with Gasteiger partial charge >= 0.3 is 5.97 Å². The average molecular weight is 512 g/mol. The van der Waals surface area contributed by atoms with Crippen LogP contribution in [0, 0.1) is 0 Å². The summed E-state index contributed by atoms with van der Waals surface area (Å²) in [6, 6.07) is 14.9. The molecule has 2 aromatic carbocycles. The van der Waals surface area contributed by atoms with Gasteiger partial charge in [-0.15, -0.1) is 0 Å². The van der Waals surface area contributed by atoms with E-state index in [0.29, 0.717) is 12.6 Å². The maximum Gasteiger partial charge on any atom is 0.312 e. The molecule has 1 saturated heterocycles. The van der Waals surface area contributed by atoms with E-state index < -0.39 is 18.5 Å². The Bertz CT molecular complexity index is 988. The van der Waals surface area contributed by atoms with Crippen LogP contribution in [-0.4, -0.2) is 70.4 Å². The smallest absolute Gasteiger partial charge is 0.312 e. The van der Waals surface area contributed by atoms with Crippen LogP contribution in [0.2, 0.25) is 0 Å². The summed E-state index contributed by atoms with van der Waals surface area (Å²) in [5.74, 6) is -1.29. The van der Waals surface area contributed by atoms with Crippen molar-refractivity contribution >= 4 is 17.6 Å². The second kappa shape index (κ2) is 14.1. The number of aliphatic hydroxyl groups is 1. The first-order valence-corrected chi connectivity index (χ1v) is 13.3. The maximum atomic E-state index is 12.4. The van der Waals surface area contributed by atoms with Crippen molar-refractivity contribution in [2.24, 2.45) is 0 Å². The third kappa shape index (κ3) is 8.84. The van der Waals surface area contributed by atoms with Crippen LogP contribution in [0.5, 0.6) is 5.75 Å². The van der Waals surface area contributed by atoms with Gasteiger partial charge in [0.15, 0.2) is 0 Å². The maximum absolute atomic E-state index is 12.4. The predicted octanol–water partition coefficient (Wildman–Crippen LogP) is 3.72. The number of aliphatic carboxylic acids is 1. The number of phenolic OH excluding ortho intramolecular Hbond substituents is 1. The first kappa shape index (κ1) is 28.6. The highest BCUT2D eigenvalue weighted by Crippen LogP contribution is 2.22. The number of likely N-dealkylation sites (tertiary alicyclic amines) is 1. The number of nitrogens with one attached hydrogen (secondary N) is 1. The molecule has 8 nitrogen and oxygen atoms in total. The molecular formula is C29H41N3O5. The number of phenols is 1. The fourth-order valence-electron chi connectivity index (χ4n) is 4.81. The van der Waals surface area contributed by atoms with Crippen molar-refractivity contribution in [1.82, 2.24) is 10.2 Å². The number of amides is 1. The molecule has 0 saturated carbocycles. The van der Waals surface area contributed by atoms with Crippen LogP contribution in [-0.2, 0) is 16.0 Å². The fourth-order valence-corrected chi connectivity index (χ4v) is 4.81. The first-order valence-electron chi connectivity index (χ1n) is 13.3. The zero-order chi connectivity index (χ0) is 26.8. The van der Waals surface area contributed by atoms with Crippen LogP contribution in [0.25, 0.3) is 0 Å². The summed E-state index contributed by atoms with van der Waals surface area (Å²) in [5.41, 5.74) is 2.73. The molecule has 1 heterocycles. The Hall–Kier alpha value is -2.94. The number of carbonyl (C=O) groups excluding carboxylic acids is 1. The summed E-state index contributed by atoms with van der Waals surface area (Å²) in [6.45, 7) is 7.50. The number of carboxylic acid groups (broad SMARTS) is 1. The van der Waals surface area contributed by atoms with E-state index in [1.165, 1.54) is 5.56 Å². The molecule has 1 amide bonds. The number of benzene rings is 2. The number of nitrogens with zero attached hydrogens (tertiary/aromatic N) is 2. The highest BCUT2D eigenvalue weighted by atomic mass is 16.4. The van der Waals surface area contributed by atoms with Gasteiger partial charge < -0.3 is 30.4 Å². The Labute approximate surface area is 219 Å².